The number of aliphatic hydroxyl groups excluding tert-OH is 3. The van der Waals surface area contributed by atoms with E-state index >= 15 is 0 Å². The van der Waals surface area contributed by atoms with Crippen molar-refractivity contribution in [3.8, 4) is 0 Å². The zero-order chi connectivity index (χ0) is 39.2. The topological polar surface area (TPSA) is 145 Å². The fourth-order valence-electron chi connectivity index (χ4n) is 7.71. The highest BCUT2D eigenvalue weighted by atomic mass is 16.5. The van der Waals surface area contributed by atoms with E-state index in [-0.39, 0.29) is 5.91 Å². The maximum absolute atomic E-state index is 14.0. The molecule has 2 rings (SSSR count). The maximum Gasteiger partial charge on any atom is 0.237 e. The van der Waals surface area contributed by atoms with Gasteiger partial charge >= 0.3 is 0 Å². The van der Waals surface area contributed by atoms with Crippen molar-refractivity contribution < 1.29 is 29.6 Å². The van der Waals surface area contributed by atoms with Gasteiger partial charge in [-0.15, -0.1) is 0 Å². The molecule has 1 aromatic carbocycles. The predicted molar refractivity (Wildman–Crippen MR) is 221 cm³/mol. The Labute approximate surface area is 329 Å². The van der Waals surface area contributed by atoms with E-state index in [2.05, 4.69) is 19.2 Å². The molecule has 0 aliphatic carbocycles. The molecule has 1 aliphatic rings. The molecule has 0 unspecified atom stereocenters. The molecule has 0 bridgehead atoms. The average Bonchev–Trinajstić information content (AvgIpc) is 3.18. The van der Waals surface area contributed by atoms with E-state index in [0.717, 1.165) is 50.5 Å². The summed E-state index contributed by atoms with van der Waals surface area (Å²) in [4.78, 5) is 29.0. The Morgan fingerprint density at radius 3 is 1.59 bits per heavy atom. The summed E-state index contributed by atoms with van der Waals surface area (Å²) in [5, 5.41) is 35.0. The van der Waals surface area contributed by atoms with Crippen LogP contribution in [0.4, 0.5) is 0 Å². The molecule has 6 atom stereocenters. The van der Waals surface area contributed by atoms with Gasteiger partial charge in [0.1, 0.15) is 24.4 Å². The Bertz CT molecular complexity index is 1060. The molecule has 1 saturated heterocycles. The predicted octanol–water partition coefficient (Wildman–Crippen LogP) is 8.49. The van der Waals surface area contributed by atoms with Crippen molar-refractivity contribution in [3.05, 3.63) is 35.9 Å². The lowest BCUT2D eigenvalue weighted by molar-refractivity contribution is -0.231. The summed E-state index contributed by atoms with van der Waals surface area (Å²) in [5.41, 5.74) is 7.21. The number of rotatable bonds is 33. The minimum absolute atomic E-state index is 0.0984. The molecule has 2 amide bonds. The third-order valence-corrected chi connectivity index (χ3v) is 11.2. The number of nitrogens with zero attached hydrogens (tertiary/aromatic N) is 1. The molecule has 1 aromatic rings. The van der Waals surface area contributed by atoms with Gasteiger partial charge in [-0.25, -0.2) is 0 Å². The number of unbranched alkanes of at least 4 members (excludes halogenated alkanes) is 23. The quantitative estimate of drug-likeness (QED) is 0.0452. The first kappa shape index (κ1) is 48.1. The molecule has 0 radical (unpaired) electrons. The first-order valence-corrected chi connectivity index (χ1v) is 22.4. The van der Waals surface area contributed by atoms with Gasteiger partial charge in [-0.05, 0) is 24.8 Å². The van der Waals surface area contributed by atoms with Crippen molar-refractivity contribution in [2.45, 2.75) is 224 Å². The average molecular weight is 760 g/mol. The lowest BCUT2D eigenvalue weighted by Gasteiger charge is -2.47. The van der Waals surface area contributed by atoms with Crippen LogP contribution in [0.3, 0.4) is 0 Å². The zero-order valence-electron chi connectivity index (χ0n) is 34.4. The third kappa shape index (κ3) is 20.2. The zero-order valence-corrected chi connectivity index (χ0v) is 34.4. The van der Waals surface area contributed by atoms with E-state index < -0.39 is 49.1 Å². The number of amides is 2. The van der Waals surface area contributed by atoms with Gasteiger partial charge in [-0.1, -0.05) is 192 Å². The van der Waals surface area contributed by atoms with Crippen molar-refractivity contribution in [2.24, 2.45) is 5.73 Å². The van der Waals surface area contributed by atoms with Crippen LogP contribution in [0.1, 0.15) is 186 Å². The van der Waals surface area contributed by atoms with Crippen LogP contribution in [0.2, 0.25) is 0 Å². The fraction of sp³-hybridized carbons (Fsp3) is 0.822. The van der Waals surface area contributed by atoms with E-state index in [0.29, 0.717) is 19.4 Å². The number of hydrogen-bond acceptors (Lipinski definition) is 7. The first-order chi connectivity index (χ1) is 26.3. The summed E-state index contributed by atoms with van der Waals surface area (Å²) in [7, 11) is 0. The molecule has 312 valence electrons. The molecular weight excluding hydrogens is 679 g/mol. The summed E-state index contributed by atoms with van der Waals surface area (Å²) < 4.78 is 6.17. The number of carbonyl (C=O) groups is 2. The Hall–Kier alpha value is -2.04. The van der Waals surface area contributed by atoms with Crippen LogP contribution in [0.15, 0.2) is 30.3 Å². The van der Waals surface area contributed by atoms with Crippen LogP contribution in [0.5, 0.6) is 0 Å². The van der Waals surface area contributed by atoms with Gasteiger partial charge in [0, 0.05) is 13.0 Å². The largest absolute Gasteiger partial charge is 0.394 e. The van der Waals surface area contributed by atoms with Gasteiger partial charge in [0.2, 0.25) is 11.8 Å². The standard InChI is InChI=1S/C45H81N3O6/c1-3-5-7-9-11-13-15-16-17-18-19-20-22-24-29-33-40(50)48(34-30-25-23-21-14-12-10-8-6-4-2)45-41(43(52)42(51)39(36-49)54-45)47-44(53)38(46)35-37-31-27-26-28-32-37/h26-28,31-32,38-39,41-43,45,49,51-52H,3-25,29-30,33-36,46H2,1-2H3,(H,47,53)/t38-,39+,41+,42+,43+,45+/m0/s1. The summed E-state index contributed by atoms with van der Waals surface area (Å²) in [6, 6.07) is 7.45. The van der Waals surface area contributed by atoms with Crippen LogP contribution in [-0.4, -0.2) is 81.8 Å². The van der Waals surface area contributed by atoms with E-state index in [9.17, 15) is 24.9 Å². The number of benzene rings is 1. The van der Waals surface area contributed by atoms with Crippen molar-refractivity contribution in [1.29, 1.82) is 0 Å². The van der Waals surface area contributed by atoms with Gasteiger partial charge in [-0.3, -0.25) is 9.59 Å². The second kappa shape index (κ2) is 31.1. The van der Waals surface area contributed by atoms with Gasteiger partial charge in [0.15, 0.2) is 6.23 Å². The van der Waals surface area contributed by atoms with Crippen molar-refractivity contribution >= 4 is 11.8 Å². The third-order valence-electron chi connectivity index (χ3n) is 11.2. The maximum atomic E-state index is 14.0. The van der Waals surface area contributed by atoms with Gasteiger partial charge in [0.05, 0.1) is 12.6 Å². The molecule has 1 heterocycles. The van der Waals surface area contributed by atoms with E-state index in [1.165, 1.54) is 116 Å². The molecule has 54 heavy (non-hydrogen) atoms. The minimum atomic E-state index is -1.46. The molecule has 1 fully saturated rings. The van der Waals surface area contributed by atoms with Crippen molar-refractivity contribution in [2.75, 3.05) is 13.2 Å². The van der Waals surface area contributed by atoms with Gasteiger partial charge < -0.3 is 36.0 Å². The number of ether oxygens (including phenoxy) is 1. The van der Waals surface area contributed by atoms with Gasteiger partial charge in [-0.2, -0.15) is 0 Å². The second-order valence-corrected chi connectivity index (χ2v) is 16.0. The van der Waals surface area contributed by atoms with E-state index in [1.807, 2.05) is 30.3 Å². The molecule has 0 spiro atoms. The number of nitrogens with one attached hydrogen (secondary N) is 1. The second-order valence-electron chi connectivity index (χ2n) is 16.0. The van der Waals surface area contributed by atoms with Crippen LogP contribution in [0.25, 0.3) is 0 Å². The normalized spacial score (nSPS) is 20.5. The molecule has 1 aliphatic heterocycles. The Kier molecular flexibility index (Phi) is 27.7. The summed E-state index contributed by atoms with van der Waals surface area (Å²) in [6.45, 7) is 4.38. The number of nitrogens with two attached hydrogens (primary N) is 1. The van der Waals surface area contributed by atoms with E-state index in [1.54, 1.807) is 4.90 Å². The number of aliphatic hydroxyl groups is 3. The number of carbonyl (C=O) groups excluding carboxylic acids is 2. The fourth-order valence-corrected chi connectivity index (χ4v) is 7.71. The van der Waals surface area contributed by atoms with Crippen LogP contribution in [-0.2, 0) is 20.7 Å². The summed E-state index contributed by atoms with van der Waals surface area (Å²) >= 11 is 0. The van der Waals surface area contributed by atoms with Crippen LogP contribution >= 0.6 is 0 Å². The lowest BCUT2D eigenvalue weighted by atomic mass is 9.94. The molecule has 6 N–H and O–H groups in total. The monoisotopic (exact) mass is 760 g/mol. The highest BCUT2D eigenvalue weighted by Gasteiger charge is 2.48. The highest BCUT2D eigenvalue weighted by molar-refractivity contribution is 5.82. The molecular formula is C45H81N3O6. The first-order valence-electron chi connectivity index (χ1n) is 22.4. The molecule has 9 nitrogen and oxygen atoms in total. The Morgan fingerprint density at radius 1 is 0.685 bits per heavy atom. The van der Waals surface area contributed by atoms with E-state index in [4.69, 9.17) is 10.5 Å². The minimum Gasteiger partial charge on any atom is -0.394 e. The smallest absolute Gasteiger partial charge is 0.237 e. The van der Waals surface area contributed by atoms with Crippen LogP contribution < -0.4 is 11.1 Å². The highest BCUT2D eigenvalue weighted by Crippen LogP contribution is 2.26. The van der Waals surface area contributed by atoms with Gasteiger partial charge in [0.25, 0.3) is 0 Å². The Morgan fingerprint density at radius 2 is 1.13 bits per heavy atom. The van der Waals surface area contributed by atoms with Crippen molar-refractivity contribution in [1.82, 2.24) is 10.2 Å². The molecule has 0 aromatic heterocycles. The molecule has 9 heteroatoms. The van der Waals surface area contributed by atoms with Crippen molar-refractivity contribution in [3.63, 3.8) is 0 Å². The molecule has 0 saturated carbocycles. The summed E-state index contributed by atoms with van der Waals surface area (Å²) in [5.74, 6) is -0.598. The lowest BCUT2D eigenvalue weighted by Crippen LogP contribution is -2.69. The number of hydrogen-bond donors (Lipinski definition) is 5. The SMILES string of the molecule is CCCCCCCCCCCCCCCCCC(=O)N(CCCCCCCCCCCC)[C@@H]1O[C@H](CO)[C@@H](O)[C@H](O)[C@H]1NC(=O)[C@@H](N)Cc1ccccc1. The Balaban J connectivity index is 1.94. The summed E-state index contributed by atoms with van der Waals surface area (Å²) in [6.07, 6.45) is 25.9. The van der Waals surface area contributed by atoms with Crippen LogP contribution in [0, 0.1) is 0 Å².